The van der Waals surface area contributed by atoms with Gasteiger partial charge in [-0.3, -0.25) is 5.01 Å². The van der Waals surface area contributed by atoms with Gasteiger partial charge in [0.1, 0.15) is 17.2 Å². The number of benzene rings is 3. The summed E-state index contributed by atoms with van der Waals surface area (Å²) in [4.78, 5) is 4.85. The number of hydrogen-bond donors (Lipinski definition) is 1. The van der Waals surface area contributed by atoms with Crippen LogP contribution in [0.15, 0.2) is 89.0 Å². The van der Waals surface area contributed by atoms with E-state index in [9.17, 15) is 5.11 Å². The molecule has 0 fully saturated rings. The molecule has 0 unspecified atom stereocenters. The molecule has 0 amide bonds. The van der Waals surface area contributed by atoms with Crippen LogP contribution in [-0.4, -0.2) is 29.8 Å². The maximum absolute atomic E-state index is 10.8. The normalized spacial score (nSPS) is 13.3. The Morgan fingerprint density at radius 2 is 1.46 bits per heavy atom. The average Bonchev–Trinajstić information content (AvgIpc) is 2.91. The standard InChI is InChI=1S/C30H35N3O2/c1-2-3-4-5-6-7-14-21-35-26-19-20-28(29(34)22-26)33-23-27(24-15-10-8-11-16-24)31-30(32-33)25-17-12-9-13-18-25/h8-13,15-20,22,34H,2-7,14,21,23H2,1H3. The van der Waals surface area contributed by atoms with Crippen molar-refractivity contribution < 1.29 is 9.84 Å². The molecule has 0 bridgehead atoms. The van der Waals surface area contributed by atoms with Crippen LogP contribution >= 0.6 is 0 Å². The lowest BCUT2D eigenvalue weighted by Crippen LogP contribution is -2.31. The van der Waals surface area contributed by atoms with E-state index in [1.807, 2.05) is 77.8 Å². The van der Waals surface area contributed by atoms with E-state index in [1.54, 1.807) is 6.07 Å². The highest BCUT2D eigenvalue weighted by Gasteiger charge is 2.21. The van der Waals surface area contributed by atoms with Crippen molar-refractivity contribution in [3.05, 3.63) is 90.0 Å². The third kappa shape index (κ3) is 6.95. The summed E-state index contributed by atoms with van der Waals surface area (Å²) < 4.78 is 5.90. The fourth-order valence-corrected chi connectivity index (χ4v) is 4.17. The number of phenols is 1. The largest absolute Gasteiger partial charge is 0.506 e. The van der Waals surface area contributed by atoms with E-state index >= 15 is 0 Å². The number of anilines is 1. The minimum atomic E-state index is 0.146. The Hall–Kier alpha value is -3.60. The van der Waals surface area contributed by atoms with E-state index in [0.29, 0.717) is 30.4 Å². The van der Waals surface area contributed by atoms with E-state index < -0.39 is 0 Å². The molecule has 1 N–H and O–H groups in total. The maximum atomic E-state index is 10.8. The first-order valence-corrected chi connectivity index (χ1v) is 12.7. The molecule has 5 nitrogen and oxygen atoms in total. The summed E-state index contributed by atoms with van der Waals surface area (Å²) in [5.74, 6) is 1.44. The van der Waals surface area contributed by atoms with Crippen molar-refractivity contribution >= 4 is 17.2 Å². The predicted octanol–water partition coefficient (Wildman–Crippen LogP) is 7.19. The Balaban J connectivity index is 1.44. The topological polar surface area (TPSA) is 57.4 Å². The molecule has 1 aliphatic heterocycles. The van der Waals surface area contributed by atoms with Crippen LogP contribution in [0.25, 0.3) is 0 Å². The lowest BCUT2D eigenvalue weighted by Gasteiger charge is -2.26. The van der Waals surface area contributed by atoms with Crippen LogP contribution in [-0.2, 0) is 0 Å². The minimum absolute atomic E-state index is 0.146. The number of hydrazone groups is 1. The molecule has 4 rings (SSSR count). The number of aliphatic imine (C=N–C) groups is 1. The summed E-state index contributed by atoms with van der Waals surface area (Å²) in [7, 11) is 0. The van der Waals surface area contributed by atoms with Gasteiger partial charge in [-0.1, -0.05) is 106 Å². The number of ether oxygens (including phenoxy) is 1. The SMILES string of the molecule is CCCCCCCCCOc1ccc(N2CC(c3ccccc3)=NC(c3ccccc3)=N2)c(O)c1. The first kappa shape index (κ1) is 24.5. The van der Waals surface area contributed by atoms with Crippen molar-refractivity contribution in [2.24, 2.45) is 10.1 Å². The van der Waals surface area contributed by atoms with Crippen LogP contribution in [0.1, 0.15) is 63.0 Å². The number of unbranched alkanes of at least 4 members (excludes halogenated alkanes) is 6. The Bertz CT molecular complexity index is 1130. The second-order valence-corrected chi connectivity index (χ2v) is 8.89. The molecule has 5 heteroatoms. The fourth-order valence-electron chi connectivity index (χ4n) is 4.17. The van der Waals surface area contributed by atoms with Gasteiger partial charge < -0.3 is 9.84 Å². The summed E-state index contributed by atoms with van der Waals surface area (Å²) in [6.07, 6.45) is 8.71. The zero-order valence-electron chi connectivity index (χ0n) is 20.6. The van der Waals surface area contributed by atoms with Gasteiger partial charge in [0.05, 0.1) is 18.9 Å². The zero-order chi connectivity index (χ0) is 24.3. The van der Waals surface area contributed by atoms with Gasteiger partial charge in [-0.25, -0.2) is 4.99 Å². The Morgan fingerprint density at radius 1 is 0.800 bits per heavy atom. The highest BCUT2D eigenvalue weighted by Crippen LogP contribution is 2.33. The van der Waals surface area contributed by atoms with E-state index in [1.165, 1.54) is 38.5 Å². The van der Waals surface area contributed by atoms with Crippen molar-refractivity contribution in [2.45, 2.75) is 51.9 Å². The number of hydrogen-bond acceptors (Lipinski definition) is 5. The van der Waals surface area contributed by atoms with Crippen LogP contribution in [0, 0.1) is 0 Å². The highest BCUT2D eigenvalue weighted by atomic mass is 16.5. The van der Waals surface area contributed by atoms with Gasteiger partial charge in [-0.05, 0) is 24.1 Å². The molecular weight excluding hydrogens is 434 g/mol. The Labute approximate surface area is 208 Å². The van der Waals surface area contributed by atoms with Crippen LogP contribution < -0.4 is 9.75 Å². The molecule has 0 aromatic heterocycles. The van der Waals surface area contributed by atoms with Gasteiger partial charge in [-0.2, -0.15) is 5.10 Å². The number of amidine groups is 1. The van der Waals surface area contributed by atoms with E-state index in [-0.39, 0.29) is 5.75 Å². The smallest absolute Gasteiger partial charge is 0.179 e. The zero-order valence-corrected chi connectivity index (χ0v) is 20.6. The van der Waals surface area contributed by atoms with E-state index in [4.69, 9.17) is 14.8 Å². The number of aromatic hydroxyl groups is 1. The molecule has 1 aliphatic rings. The molecule has 182 valence electrons. The maximum Gasteiger partial charge on any atom is 0.179 e. The molecule has 0 aliphatic carbocycles. The molecule has 35 heavy (non-hydrogen) atoms. The van der Waals surface area contributed by atoms with E-state index in [0.717, 1.165) is 23.3 Å². The van der Waals surface area contributed by atoms with E-state index in [2.05, 4.69) is 6.92 Å². The first-order valence-electron chi connectivity index (χ1n) is 12.7. The molecule has 3 aromatic rings. The third-order valence-electron chi connectivity index (χ3n) is 6.14. The fraction of sp³-hybridized carbons (Fsp3) is 0.333. The van der Waals surface area contributed by atoms with Crippen molar-refractivity contribution in [3.8, 4) is 11.5 Å². The summed E-state index contributed by atoms with van der Waals surface area (Å²) in [6.45, 7) is 3.37. The predicted molar refractivity (Wildman–Crippen MR) is 145 cm³/mol. The third-order valence-corrected chi connectivity index (χ3v) is 6.14. The van der Waals surface area contributed by atoms with Crippen LogP contribution in [0.4, 0.5) is 5.69 Å². The number of phenolic OH excluding ortho intramolecular Hbond substituents is 1. The minimum Gasteiger partial charge on any atom is -0.506 e. The quantitative estimate of drug-likeness (QED) is 0.286. The molecule has 1 heterocycles. The van der Waals surface area contributed by atoms with Crippen LogP contribution in [0.5, 0.6) is 11.5 Å². The number of nitrogens with zero attached hydrogens (tertiary/aromatic N) is 3. The lowest BCUT2D eigenvalue weighted by molar-refractivity contribution is 0.302. The Morgan fingerprint density at radius 3 is 2.14 bits per heavy atom. The molecular formula is C30H35N3O2. The summed E-state index contributed by atoms with van der Waals surface area (Å²) in [5.41, 5.74) is 3.50. The van der Waals surface area contributed by atoms with Crippen molar-refractivity contribution in [3.63, 3.8) is 0 Å². The Kier molecular flexibility index (Phi) is 8.93. The summed E-state index contributed by atoms with van der Waals surface area (Å²) in [6, 6.07) is 25.5. The molecule has 0 saturated heterocycles. The van der Waals surface area contributed by atoms with Crippen molar-refractivity contribution in [2.75, 3.05) is 18.2 Å². The van der Waals surface area contributed by atoms with Gasteiger partial charge in [0.15, 0.2) is 5.84 Å². The first-order chi connectivity index (χ1) is 17.2. The lowest BCUT2D eigenvalue weighted by atomic mass is 10.1. The van der Waals surface area contributed by atoms with Gasteiger partial charge in [-0.15, -0.1) is 0 Å². The molecule has 3 aromatic carbocycles. The van der Waals surface area contributed by atoms with Gasteiger partial charge >= 0.3 is 0 Å². The highest BCUT2D eigenvalue weighted by molar-refractivity contribution is 6.15. The second kappa shape index (κ2) is 12.7. The number of rotatable bonds is 12. The average molecular weight is 470 g/mol. The second-order valence-electron chi connectivity index (χ2n) is 8.89. The molecule has 0 radical (unpaired) electrons. The van der Waals surface area contributed by atoms with Gasteiger partial charge in [0.2, 0.25) is 0 Å². The van der Waals surface area contributed by atoms with Crippen molar-refractivity contribution in [1.82, 2.24) is 0 Å². The van der Waals surface area contributed by atoms with Gasteiger partial charge in [0, 0.05) is 11.6 Å². The monoisotopic (exact) mass is 469 g/mol. The summed E-state index contributed by atoms with van der Waals surface area (Å²) in [5, 5.41) is 17.4. The van der Waals surface area contributed by atoms with Gasteiger partial charge in [0.25, 0.3) is 0 Å². The summed E-state index contributed by atoms with van der Waals surface area (Å²) >= 11 is 0. The molecule has 0 spiro atoms. The molecule has 0 atom stereocenters. The van der Waals surface area contributed by atoms with Crippen LogP contribution in [0.3, 0.4) is 0 Å². The van der Waals surface area contributed by atoms with Crippen molar-refractivity contribution in [1.29, 1.82) is 0 Å². The van der Waals surface area contributed by atoms with Crippen LogP contribution in [0.2, 0.25) is 0 Å². The molecule has 0 saturated carbocycles.